The summed E-state index contributed by atoms with van der Waals surface area (Å²) in [6.07, 6.45) is 2.26. The molecule has 0 fully saturated rings. The van der Waals surface area contributed by atoms with Crippen LogP contribution in [-0.4, -0.2) is 72.0 Å². The number of nitrogens with zero attached hydrogens (tertiary/aromatic N) is 6. The van der Waals surface area contributed by atoms with E-state index in [1.54, 1.807) is 14.5 Å². The third-order valence-electron chi connectivity index (χ3n) is 11.7. The van der Waals surface area contributed by atoms with E-state index in [9.17, 15) is 24.3 Å². The summed E-state index contributed by atoms with van der Waals surface area (Å²) in [5.74, 6) is -1.98. The first kappa shape index (κ1) is 40.0. The number of hydrogen-bond donors (Lipinski definition) is 1. The first-order valence-corrected chi connectivity index (χ1v) is 20.3. The highest BCUT2D eigenvalue weighted by atomic mass is 16.5. The predicted octanol–water partition coefficient (Wildman–Crippen LogP) is 7.31. The summed E-state index contributed by atoms with van der Waals surface area (Å²) in [5, 5.41) is 20.1. The van der Waals surface area contributed by atoms with E-state index >= 15 is 0 Å². The fourth-order valence-corrected chi connectivity index (χ4v) is 8.95. The van der Waals surface area contributed by atoms with Gasteiger partial charge in [0.2, 0.25) is 16.6 Å². The SMILES string of the molecule is CCN1CC(C(c2ccccc2)c2cccc(C)c2)n2ncc(=O)c(Oc3cc(C)cc(C(c4cccc(C)c4)C4CN(C(C)C)C(=O)c5c(O)c(=O)cnn54)c3)c2C1=O. The molecule has 6 aromatic rings. The highest BCUT2D eigenvalue weighted by Crippen LogP contribution is 2.43. The molecule has 2 aromatic heterocycles. The van der Waals surface area contributed by atoms with Crippen LogP contribution in [0, 0.1) is 20.8 Å². The summed E-state index contributed by atoms with van der Waals surface area (Å²) in [5.41, 5.74) is 5.34. The Morgan fingerprint density at radius 2 is 1.22 bits per heavy atom. The van der Waals surface area contributed by atoms with E-state index in [0.717, 1.165) is 45.1 Å². The molecule has 4 atom stereocenters. The molecule has 0 radical (unpaired) electrons. The zero-order chi connectivity index (χ0) is 42.4. The van der Waals surface area contributed by atoms with E-state index in [4.69, 9.17) is 4.74 Å². The van der Waals surface area contributed by atoms with Crippen LogP contribution in [0.1, 0.15) is 105 Å². The molecule has 0 saturated heterocycles. The zero-order valence-electron chi connectivity index (χ0n) is 34.6. The Balaban J connectivity index is 1.28. The largest absolute Gasteiger partial charge is 0.502 e. The molecule has 12 heteroatoms. The first-order valence-electron chi connectivity index (χ1n) is 20.3. The Morgan fingerprint density at radius 3 is 1.83 bits per heavy atom. The molecule has 60 heavy (non-hydrogen) atoms. The molecule has 2 amide bonds. The van der Waals surface area contributed by atoms with Crippen LogP contribution in [0.3, 0.4) is 0 Å². The van der Waals surface area contributed by atoms with Crippen LogP contribution in [0.4, 0.5) is 0 Å². The molecule has 8 rings (SSSR count). The van der Waals surface area contributed by atoms with Gasteiger partial charge in [-0.2, -0.15) is 10.2 Å². The van der Waals surface area contributed by atoms with Gasteiger partial charge in [0.25, 0.3) is 11.8 Å². The van der Waals surface area contributed by atoms with Crippen molar-refractivity contribution >= 4 is 11.8 Å². The van der Waals surface area contributed by atoms with E-state index in [2.05, 4.69) is 53.5 Å². The quantitative estimate of drug-likeness (QED) is 0.152. The number of carbonyl (C=O) groups is 2. The Hall–Kier alpha value is -6.82. The number of aromatic nitrogens is 4. The lowest BCUT2D eigenvalue weighted by atomic mass is 9.82. The molecule has 306 valence electrons. The van der Waals surface area contributed by atoms with Gasteiger partial charge >= 0.3 is 0 Å². The van der Waals surface area contributed by atoms with Gasteiger partial charge < -0.3 is 19.6 Å². The molecule has 0 saturated carbocycles. The van der Waals surface area contributed by atoms with E-state index in [0.29, 0.717) is 18.8 Å². The monoisotopic (exact) mass is 804 g/mol. The molecule has 2 aliphatic rings. The summed E-state index contributed by atoms with van der Waals surface area (Å²) < 4.78 is 9.78. The molecule has 0 aliphatic carbocycles. The Labute approximate surface area is 348 Å². The second-order valence-electron chi connectivity index (χ2n) is 16.2. The lowest BCUT2D eigenvalue weighted by Gasteiger charge is -2.41. The van der Waals surface area contributed by atoms with E-state index in [1.165, 1.54) is 10.9 Å². The number of ether oxygens (including phenoxy) is 1. The highest BCUT2D eigenvalue weighted by molar-refractivity contribution is 5.96. The summed E-state index contributed by atoms with van der Waals surface area (Å²) in [7, 11) is 0. The van der Waals surface area contributed by atoms with Crippen LogP contribution in [-0.2, 0) is 0 Å². The van der Waals surface area contributed by atoms with Gasteiger partial charge in [0.1, 0.15) is 5.75 Å². The average Bonchev–Trinajstić information content (AvgIpc) is 3.22. The minimum Gasteiger partial charge on any atom is -0.502 e. The van der Waals surface area contributed by atoms with Crippen LogP contribution in [0.2, 0.25) is 0 Å². The fraction of sp³-hybridized carbons (Fsp3) is 0.292. The molecule has 0 spiro atoms. The van der Waals surface area contributed by atoms with Gasteiger partial charge in [0.15, 0.2) is 17.1 Å². The zero-order valence-corrected chi connectivity index (χ0v) is 34.6. The molecule has 4 unspecified atom stereocenters. The molecule has 1 N–H and O–H groups in total. The van der Waals surface area contributed by atoms with E-state index in [-0.39, 0.29) is 47.6 Å². The second kappa shape index (κ2) is 16.1. The number of benzene rings is 4. The third-order valence-corrected chi connectivity index (χ3v) is 11.7. The first-order chi connectivity index (χ1) is 28.8. The summed E-state index contributed by atoms with van der Waals surface area (Å²) in [6.45, 7) is 12.7. The van der Waals surface area contributed by atoms with Crippen molar-refractivity contribution in [3.05, 3.63) is 180 Å². The van der Waals surface area contributed by atoms with Crippen molar-refractivity contribution in [1.82, 2.24) is 29.4 Å². The smallest absolute Gasteiger partial charge is 0.276 e. The topological polar surface area (TPSA) is 140 Å². The maximum absolute atomic E-state index is 14.4. The number of carbonyl (C=O) groups excluding carboxylic acids is 2. The Kier molecular flexibility index (Phi) is 10.7. The van der Waals surface area contributed by atoms with Crippen LogP contribution < -0.4 is 15.6 Å². The lowest BCUT2D eigenvalue weighted by molar-refractivity contribution is 0.0569. The van der Waals surface area contributed by atoms with Crippen molar-refractivity contribution < 1.29 is 19.4 Å². The molecule has 12 nitrogen and oxygen atoms in total. The maximum Gasteiger partial charge on any atom is 0.276 e. The van der Waals surface area contributed by atoms with Gasteiger partial charge in [-0.05, 0) is 81.5 Å². The number of aromatic hydroxyl groups is 1. The number of rotatable bonds is 10. The van der Waals surface area contributed by atoms with Gasteiger partial charge in [0.05, 0.1) is 24.5 Å². The molecule has 0 bridgehead atoms. The highest BCUT2D eigenvalue weighted by Gasteiger charge is 2.42. The number of likely N-dealkylation sites (N-methyl/N-ethyl adjacent to an activating group) is 1. The van der Waals surface area contributed by atoms with E-state index < -0.39 is 34.5 Å². The predicted molar refractivity (Wildman–Crippen MR) is 228 cm³/mol. The number of hydrogen-bond acceptors (Lipinski definition) is 8. The normalized spacial score (nSPS) is 17.3. The molecular formula is C48H48N6O6. The molecule has 4 heterocycles. The number of aryl methyl sites for hydroxylation is 3. The Bertz CT molecular complexity index is 2740. The minimum absolute atomic E-state index is 0.0726. The summed E-state index contributed by atoms with van der Waals surface area (Å²) in [4.78, 5) is 58.2. The standard InChI is InChI=1S/C48H48N6O6/c1-7-51-26-37(41(32-15-9-8-10-16-32)33-17-11-13-29(4)19-33)54-44(47(51)58)46(40(56)25-50-54)60-36-22-31(6)21-35(23-36)42(34-18-12-14-30(5)20-34)38-27-52(28(2)3)48(59)43-45(57)39(55)24-49-53(38)43/h8-25,28,37-38,41-42,57H,7,26-27H2,1-6H3. The summed E-state index contributed by atoms with van der Waals surface area (Å²) in [6, 6.07) is 30.9. The molecular weight excluding hydrogens is 757 g/mol. The summed E-state index contributed by atoms with van der Waals surface area (Å²) >= 11 is 0. The number of amides is 2. The van der Waals surface area contributed by atoms with Gasteiger partial charge in [-0.3, -0.25) is 28.5 Å². The maximum atomic E-state index is 14.4. The van der Waals surface area contributed by atoms with Gasteiger partial charge in [0, 0.05) is 37.5 Å². The average molecular weight is 805 g/mol. The molecule has 2 aliphatic heterocycles. The van der Waals surface area contributed by atoms with Crippen LogP contribution in [0.15, 0.2) is 119 Å². The van der Waals surface area contributed by atoms with Gasteiger partial charge in [-0.15, -0.1) is 0 Å². The lowest BCUT2D eigenvalue weighted by Crippen LogP contribution is -2.49. The van der Waals surface area contributed by atoms with Crippen molar-refractivity contribution in [2.45, 2.75) is 71.5 Å². The molecule has 4 aromatic carbocycles. The van der Waals surface area contributed by atoms with Gasteiger partial charge in [-0.1, -0.05) is 96.1 Å². The minimum atomic E-state index is -0.739. The third kappa shape index (κ3) is 7.27. The fourth-order valence-electron chi connectivity index (χ4n) is 8.95. The van der Waals surface area contributed by atoms with Gasteiger partial charge in [-0.25, -0.2) is 0 Å². The number of fused-ring (bicyclic) bond motifs is 2. The Morgan fingerprint density at radius 1 is 0.650 bits per heavy atom. The van der Waals surface area contributed by atoms with Crippen molar-refractivity contribution in [3.8, 4) is 17.2 Å². The van der Waals surface area contributed by atoms with Crippen molar-refractivity contribution in [2.24, 2.45) is 0 Å². The van der Waals surface area contributed by atoms with Crippen molar-refractivity contribution in [2.75, 3.05) is 19.6 Å². The second-order valence-corrected chi connectivity index (χ2v) is 16.2. The van der Waals surface area contributed by atoms with Crippen molar-refractivity contribution in [3.63, 3.8) is 0 Å². The van der Waals surface area contributed by atoms with E-state index in [1.807, 2.05) is 95.3 Å². The van der Waals surface area contributed by atoms with Crippen molar-refractivity contribution in [1.29, 1.82) is 0 Å². The van der Waals surface area contributed by atoms with Crippen LogP contribution in [0.5, 0.6) is 17.2 Å². The van der Waals surface area contributed by atoms with Crippen LogP contribution >= 0.6 is 0 Å². The van der Waals surface area contributed by atoms with Crippen LogP contribution in [0.25, 0.3) is 0 Å².